The molecule has 1 aromatic rings. The SMILES string of the molecule is CCNC(=NCc1cc(Br)c(OC)c(OC)c1)N1CCC(C(=O)OC)CC1. The monoisotopic (exact) mass is 441 g/mol. The average molecular weight is 442 g/mol. The Hall–Kier alpha value is -1.96. The fourth-order valence-electron chi connectivity index (χ4n) is 3.15. The minimum absolute atomic E-state index is 0.0177. The lowest BCUT2D eigenvalue weighted by Gasteiger charge is -2.33. The second kappa shape index (κ2) is 10.4. The van der Waals surface area contributed by atoms with E-state index in [1.807, 2.05) is 19.1 Å². The van der Waals surface area contributed by atoms with Crippen LogP contribution < -0.4 is 14.8 Å². The zero-order valence-electron chi connectivity index (χ0n) is 16.4. The van der Waals surface area contributed by atoms with Gasteiger partial charge >= 0.3 is 5.97 Å². The number of nitrogens with zero attached hydrogens (tertiary/aromatic N) is 2. The maximum Gasteiger partial charge on any atom is 0.308 e. The summed E-state index contributed by atoms with van der Waals surface area (Å²) in [6.07, 6.45) is 1.55. The predicted molar refractivity (Wildman–Crippen MR) is 108 cm³/mol. The lowest BCUT2D eigenvalue weighted by molar-refractivity contribution is -0.146. The zero-order valence-corrected chi connectivity index (χ0v) is 18.0. The first-order chi connectivity index (χ1) is 13.0. The number of nitrogens with one attached hydrogen (secondary N) is 1. The summed E-state index contributed by atoms with van der Waals surface area (Å²) in [5.41, 5.74) is 1.01. The van der Waals surface area contributed by atoms with Crippen LogP contribution in [-0.4, -0.2) is 57.8 Å². The van der Waals surface area contributed by atoms with Gasteiger partial charge in [0.15, 0.2) is 17.5 Å². The molecule has 0 unspecified atom stereocenters. The van der Waals surface area contributed by atoms with Crippen LogP contribution in [0.25, 0.3) is 0 Å². The molecule has 7 nitrogen and oxygen atoms in total. The molecule has 1 saturated heterocycles. The Morgan fingerprint density at radius 2 is 1.96 bits per heavy atom. The number of esters is 1. The molecule has 0 spiro atoms. The summed E-state index contributed by atoms with van der Waals surface area (Å²) in [6.45, 7) is 4.90. The number of likely N-dealkylation sites (tertiary alicyclic amines) is 1. The highest BCUT2D eigenvalue weighted by Crippen LogP contribution is 2.36. The Labute approximate surface area is 169 Å². The number of hydrogen-bond acceptors (Lipinski definition) is 5. The summed E-state index contributed by atoms with van der Waals surface area (Å²) in [5.74, 6) is 2.05. The quantitative estimate of drug-likeness (QED) is 0.415. The molecule has 27 heavy (non-hydrogen) atoms. The van der Waals surface area contributed by atoms with E-state index in [0.29, 0.717) is 18.0 Å². The number of hydrogen-bond donors (Lipinski definition) is 1. The van der Waals surface area contributed by atoms with Crippen LogP contribution in [0.15, 0.2) is 21.6 Å². The molecule has 1 aliphatic heterocycles. The van der Waals surface area contributed by atoms with Gasteiger partial charge < -0.3 is 24.4 Å². The Bertz CT molecular complexity index is 673. The number of ether oxygens (including phenoxy) is 3. The normalized spacial score (nSPS) is 15.4. The molecular weight excluding hydrogens is 414 g/mol. The third-order valence-electron chi connectivity index (χ3n) is 4.57. The van der Waals surface area contributed by atoms with Gasteiger partial charge in [-0.3, -0.25) is 4.79 Å². The van der Waals surface area contributed by atoms with Crippen molar-refractivity contribution in [2.45, 2.75) is 26.3 Å². The minimum Gasteiger partial charge on any atom is -0.493 e. The van der Waals surface area contributed by atoms with Crippen molar-refractivity contribution in [3.05, 3.63) is 22.2 Å². The van der Waals surface area contributed by atoms with Gasteiger partial charge in [0.05, 0.1) is 38.3 Å². The van der Waals surface area contributed by atoms with E-state index in [0.717, 1.165) is 48.5 Å². The predicted octanol–water partition coefficient (Wildman–Crippen LogP) is 2.82. The Morgan fingerprint density at radius 1 is 1.26 bits per heavy atom. The van der Waals surface area contributed by atoms with Crippen molar-refractivity contribution < 1.29 is 19.0 Å². The van der Waals surface area contributed by atoms with Crippen molar-refractivity contribution in [1.29, 1.82) is 0 Å². The second-order valence-electron chi connectivity index (χ2n) is 6.27. The topological polar surface area (TPSA) is 72.4 Å². The van der Waals surface area contributed by atoms with Crippen molar-refractivity contribution in [2.75, 3.05) is 41.0 Å². The molecule has 1 aliphatic rings. The molecule has 0 saturated carbocycles. The number of carbonyl (C=O) groups is 1. The molecule has 1 N–H and O–H groups in total. The van der Waals surface area contributed by atoms with E-state index in [2.05, 4.69) is 26.1 Å². The minimum atomic E-state index is -0.119. The Kier molecular flexibility index (Phi) is 8.22. The van der Waals surface area contributed by atoms with Crippen LogP contribution in [0.5, 0.6) is 11.5 Å². The van der Waals surface area contributed by atoms with Gasteiger partial charge in [-0.1, -0.05) is 0 Å². The standard InChI is InChI=1S/C19H28BrN3O4/c1-5-21-19(23-8-6-14(7-9-23)18(24)27-4)22-12-13-10-15(20)17(26-3)16(11-13)25-2/h10-11,14H,5-9,12H2,1-4H3,(H,21,22). The summed E-state index contributed by atoms with van der Waals surface area (Å²) in [6, 6.07) is 3.91. The molecule has 2 rings (SSSR count). The van der Waals surface area contributed by atoms with E-state index in [-0.39, 0.29) is 11.9 Å². The lowest BCUT2D eigenvalue weighted by Crippen LogP contribution is -2.46. The van der Waals surface area contributed by atoms with Crippen LogP contribution in [0.3, 0.4) is 0 Å². The third-order valence-corrected chi connectivity index (χ3v) is 5.16. The van der Waals surface area contributed by atoms with E-state index in [1.54, 1.807) is 14.2 Å². The molecule has 0 aliphatic carbocycles. The van der Waals surface area contributed by atoms with Crippen molar-refractivity contribution in [3.8, 4) is 11.5 Å². The first-order valence-electron chi connectivity index (χ1n) is 9.05. The second-order valence-corrected chi connectivity index (χ2v) is 7.12. The molecule has 8 heteroatoms. The van der Waals surface area contributed by atoms with Gasteiger partial charge in [0.25, 0.3) is 0 Å². The van der Waals surface area contributed by atoms with Crippen LogP contribution >= 0.6 is 15.9 Å². The molecule has 0 aromatic heterocycles. The summed E-state index contributed by atoms with van der Waals surface area (Å²) in [5, 5.41) is 3.34. The molecule has 0 bridgehead atoms. The van der Waals surface area contributed by atoms with Crippen LogP contribution in [0, 0.1) is 5.92 Å². The highest BCUT2D eigenvalue weighted by Gasteiger charge is 2.27. The first kappa shape index (κ1) is 21.3. The van der Waals surface area contributed by atoms with Gasteiger partial charge in [-0.05, 0) is 53.4 Å². The first-order valence-corrected chi connectivity index (χ1v) is 9.84. The van der Waals surface area contributed by atoms with Gasteiger partial charge in [0.2, 0.25) is 0 Å². The maximum absolute atomic E-state index is 11.7. The number of rotatable bonds is 6. The van der Waals surface area contributed by atoms with Crippen LogP contribution in [0.1, 0.15) is 25.3 Å². The fraction of sp³-hybridized carbons (Fsp3) is 0.579. The molecule has 150 valence electrons. The average Bonchev–Trinajstić information content (AvgIpc) is 2.70. The molecule has 1 aromatic carbocycles. The van der Waals surface area contributed by atoms with E-state index >= 15 is 0 Å². The highest BCUT2D eigenvalue weighted by atomic mass is 79.9. The van der Waals surface area contributed by atoms with Crippen molar-refractivity contribution >= 4 is 27.9 Å². The van der Waals surface area contributed by atoms with Crippen molar-refractivity contribution in [3.63, 3.8) is 0 Å². The number of benzene rings is 1. The number of guanidine groups is 1. The molecular formula is C19H28BrN3O4. The maximum atomic E-state index is 11.7. The number of piperidine rings is 1. The molecule has 0 radical (unpaired) electrons. The zero-order chi connectivity index (χ0) is 19.8. The van der Waals surface area contributed by atoms with Crippen molar-refractivity contribution in [1.82, 2.24) is 10.2 Å². The van der Waals surface area contributed by atoms with Crippen LogP contribution in [0.4, 0.5) is 0 Å². The van der Waals surface area contributed by atoms with Crippen LogP contribution in [-0.2, 0) is 16.1 Å². The summed E-state index contributed by atoms with van der Waals surface area (Å²) < 4.78 is 16.4. The van der Waals surface area contributed by atoms with Gasteiger partial charge in [0, 0.05) is 19.6 Å². The van der Waals surface area contributed by atoms with Gasteiger partial charge in [-0.25, -0.2) is 4.99 Å². The van der Waals surface area contributed by atoms with E-state index in [4.69, 9.17) is 19.2 Å². The number of aliphatic imine (C=N–C) groups is 1. The molecule has 0 atom stereocenters. The lowest BCUT2D eigenvalue weighted by atomic mass is 9.97. The van der Waals surface area contributed by atoms with Gasteiger partial charge in [-0.2, -0.15) is 0 Å². The van der Waals surface area contributed by atoms with E-state index < -0.39 is 0 Å². The van der Waals surface area contributed by atoms with E-state index in [9.17, 15) is 4.79 Å². The van der Waals surface area contributed by atoms with E-state index in [1.165, 1.54) is 7.11 Å². The van der Waals surface area contributed by atoms with Crippen molar-refractivity contribution in [2.24, 2.45) is 10.9 Å². The van der Waals surface area contributed by atoms with Gasteiger partial charge in [0.1, 0.15) is 0 Å². The Morgan fingerprint density at radius 3 is 2.52 bits per heavy atom. The third kappa shape index (κ3) is 5.51. The molecule has 1 heterocycles. The fourth-order valence-corrected chi connectivity index (χ4v) is 3.80. The summed E-state index contributed by atoms with van der Waals surface area (Å²) in [7, 11) is 4.68. The number of methoxy groups -OCH3 is 3. The number of carbonyl (C=O) groups excluding carboxylic acids is 1. The smallest absolute Gasteiger partial charge is 0.308 e. The van der Waals surface area contributed by atoms with Crippen LogP contribution in [0.2, 0.25) is 0 Å². The number of halogens is 1. The highest BCUT2D eigenvalue weighted by molar-refractivity contribution is 9.10. The van der Waals surface area contributed by atoms with Gasteiger partial charge in [-0.15, -0.1) is 0 Å². The summed E-state index contributed by atoms with van der Waals surface area (Å²) in [4.78, 5) is 18.7. The Balaban J connectivity index is 2.10. The molecule has 1 fully saturated rings. The molecule has 0 amide bonds. The largest absolute Gasteiger partial charge is 0.493 e. The summed E-state index contributed by atoms with van der Waals surface area (Å²) >= 11 is 3.52.